The number of hydrogen-bond donors (Lipinski definition) is 0. The molecule has 0 bridgehead atoms. The lowest BCUT2D eigenvalue weighted by molar-refractivity contribution is -0.180. The average molecular weight is 336 g/mol. The fourth-order valence-electron chi connectivity index (χ4n) is 4.54. The molecule has 24 heavy (non-hydrogen) atoms. The maximum Gasteiger partial charge on any atom is 0.323 e. The Kier molecular flexibility index (Phi) is 6.18. The van der Waals surface area contributed by atoms with E-state index in [1.807, 2.05) is 0 Å². The van der Waals surface area contributed by atoms with E-state index in [0.29, 0.717) is 12.8 Å². The molecule has 0 atom stereocenters. The number of ether oxygens (including phenoxy) is 2. The quantitative estimate of drug-likeness (QED) is 0.552. The van der Waals surface area contributed by atoms with E-state index < -0.39 is 5.41 Å². The summed E-state index contributed by atoms with van der Waals surface area (Å²) in [5, 5.41) is 0. The second-order valence-corrected chi connectivity index (χ2v) is 7.97. The first kappa shape index (κ1) is 17.8. The van der Waals surface area contributed by atoms with Gasteiger partial charge in [-0.05, 0) is 64.2 Å². The summed E-state index contributed by atoms with van der Waals surface area (Å²) in [6.45, 7) is 0. The SMILES string of the molecule is O=C(OC1CCCC1)C1(C(=O)OC2CCCC2)CCCCCCC1. The predicted octanol–water partition coefficient (Wildman–Crippen LogP) is 4.69. The highest BCUT2D eigenvalue weighted by molar-refractivity contribution is 6.00. The van der Waals surface area contributed by atoms with Crippen LogP contribution in [-0.2, 0) is 19.1 Å². The zero-order chi connectivity index (χ0) is 16.8. The smallest absolute Gasteiger partial charge is 0.323 e. The van der Waals surface area contributed by atoms with Crippen molar-refractivity contribution in [3.8, 4) is 0 Å². The highest BCUT2D eigenvalue weighted by Crippen LogP contribution is 2.39. The van der Waals surface area contributed by atoms with Crippen molar-refractivity contribution in [2.75, 3.05) is 0 Å². The number of hydrogen-bond acceptors (Lipinski definition) is 4. The minimum Gasteiger partial charge on any atom is -0.462 e. The maximum absolute atomic E-state index is 13.0. The van der Waals surface area contributed by atoms with Crippen molar-refractivity contribution in [3.63, 3.8) is 0 Å². The molecule has 0 N–H and O–H groups in total. The van der Waals surface area contributed by atoms with Crippen molar-refractivity contribution in [3.05, 3.63) is 0 Å². The Bertz CT molecular complexity index is 393. The van der Waals surface area contributed by atoms with E-state index in [2.05, 4.69) is 0 Å². The summed E-state index contributed by atoms with van der Waals surface area (Å²) in [7, 11) is 0. The normalized spacial score (nSPS) is 25.8. The molecular formula is C20H32O4. The lowest BCUT2D eigenvalue weighted by atomic mass is 9.76. The van der Waals surface area contributed by atoms with Gasteiger partial charge in [-0.15, -0.1) is 0 Å². The van der Waals surface area contributed by atoms with Crippen LogP contribution in [0.4, 0.5) is 0 Å². The molecular weight excluding hydrogens is 304 g/mol. The van der Waals surface area contributed by atoms with Crippen molar-refractivity contribution < 1.29 is 19.1 Å². The minimum atomic E-state index is -1.04. The molecule has 0 aromatic heterocycles. The standard InChI is InChI=1S/C20H32O4/c21-18(23-16-10-4-5-11-16)20(14-8-2-1-3-9-15-20)19(22)24-17-12-6-7-13-17/h16-17H,1-15H2. The van der Waals surface area contributed by atoms with Crippen LogP contribution in [0.5, 0.6) is 0 Å². The van der Waals surface area contributed by atoms with Gasteiger partial charge >= 0.3 is 11.9 Å². The van der Waals surface area contributed by atoms with Gasteiger partial charge < -0.3 is 9.47 Å². The summed E-state index contributed by atoms with van der Waals surface area (Å²) in [4.78, 5) is 26.1. The summed E-state index contributed by atoms with van der Waals surface area (Å²) in [5.74, 6) is -0.585. The molecule has 3 saturated carbocycles. The molecule has 3 aliphatic rings. The van der Waals surface area contributed by atoms with Crippen molar-refractivity contribution in [1.29, 1.82) is 0 Å². The van der Waals surface area contributed by atoms with Crippen LogP contribution in [0, 0.1) is 5.41 Å². The van der Waals surface area contributed by atoms with Gasteiger partial charge in [0.25, 0.3) is 0 Å². The van der Waals surface area contributed by atoms with Gasteiger partial charge in [-0.1, -0.05) is 32.1 Å². The molecule has 0 heterocycles. The summed E-state index contributed by atoms with van der Waals surface area (Å²) in [6.07, 6.45) is 14.7. The third-order valence-corrected chi connectivity index (χ3v) is 6.14. The highest BCUT2D eigenvalue weighted by Gasteiger charge is 2.49. The first-order valence-corrected chi connectivity index (χ1v) is 10.1. The maximum atomic E-state index is 13.0. The number of carbonyl (C=O) groups excluding carboxylic acids is 2. The molecule has 0 radical (unpaired) electrons. The second kappa shape index (κ2) is 8.35. The Balaban J connectivity index is 1.72. The summed E-state index contributed by atoms with van der Waals surface area (Å²) in [5.41, 5.74) is -1.04. The molecule has 0 saturated heterocycles. The number of carbonyl (C=O) groups is 2. The first-order valence-electron chi connectivity index (χ1n) is 10.1. The summed E-state index contributed by atoms with van der Waals surface area (Å²) < 4.78 is 11.6. The van der Waals surface area contributed by atoms with Crippen LogP contribution >= 0.6 is 0 Å². The molecule has 0 aliphatic heterocycles. The van der Waals surface area contributed by atoms with E-state index in [1.165, 1.54) is 6.42 Å². The van der Waals surface area contributed by atoms with Crippen LogP contribution in [-0.4, -0.2) is 24.1 Å². The average Bonchev–Trinajstić information content (AvgIpc) is 3.21. The van der Waals surface area contributed by atoms with E-state index in [1.54, 1.807) is 0 Å². The molecule has 0 aromatic rings. The largest absolute Gasteiger partial charge is 0.462 e. The molecule has 0 unspecified atom stereocenters. The fourth-order valence-corrected chi connectivity index (χ4v) is 4.54. The van der Waals surface area contributed by atoms with Gasteiger partial charge in [0.05, 0.1) is 0 Å². The molecule has 4 heteroatoms. The van der Waals surface area contributed by atoms with Crippen LogP contribution in [0.15, 0.2) is 0 Å². The van der Waals surface area contributed by atoms with Crippen LogP contribution in [0.3, 0.4) is 0 Å². The Morgan fingerprint density at radius 1 is 0.583 bits per heavy atom. The van der Waals surface area contributed by atoms with Gasteiger partial charge in [-0.2, -0.15) is 0 Å². The molecule has 3 aliphatic carbocycles. The zero-order valence-electron chi connectivity index (χ0n) is 14.9. The van der Waals surface area contributed by atoms with Crippen molar-refractivity contribution >= 4 is 11.9 Å². The van der Waals surface area contributed by atoms with Gasteiger partial charge in [0.2, 0.25) is 0 Å². The van der Waals surface area contributed by atoms with Crippen LogP contribution in [0.1, 0.15) is 96.3 Å². The van der Waals surface area contributed by atoms with Gasteiger partial charge in [-0.3, -0.25) is 9.59 Å². The van der Waals surface area contributed by atoms with Crippen LogP contribution in [0.2, 0.25) is 0 Å². The number of rotatable bonds is 4. The Hall–Kier alpha value is -1.06. The molecule has 0 spiro atoms. The minimum absolute atomic E-state index is 0.0131. The Labute approximate surface area is 145 Å². The lowest BCUT2D eigenvalue weighted by Crippen LogP contribution is -2.44. The Morgan fingerprint density at radius 3 is 1.38 bits per heavy atom. The van der Waals surface area contributed by atoms with Crippen molar-refractivity contribution in [1.82, 2.24) is 0 Å². The lowest BCUT2D eigenvalue weighted by Gasteiger charge is -2.33. The van der Waals surface area contributed by atoms with Crippen molar-refractivity contribution in [2.24, 2.45) is 5.41 Å². The molecule has 136 valence electrons. The van der Waals surface area contributed by atoms with Gasteiger partial charge in [-0.25, -0.2) is 0 Å². The third kappa shape index (κ3) is 4.12. The van der Waals surface area contributed by atoms with Crippen molar-refractivity contribution in [2.45, 2.75) is 109 Å². The molecule has 4 nitrogen and oxygen atoms in total. The second-order valence-electron chi connectivity index (χ2n) is 7.97. The highest BCUT2D eigenvalue weighted by atomic mass is 16.6. The van der Waals surface area contributed by atoms with E-state index in [-0.39, 0.29) is 24.1 Å². The van der Waals surface area contributed by atoms with Gasteiger partial charge in [0.15, 0.2) is 5.41 Å². The predicted molar refractivity (Wildman–Crippen MR) is 91.4 cm³/mol. The third-order valence-electron chi connectivity index (χ3n) is 6.14. The fraction of sp³-hybridized carbons (Fsp3) is 0.900. The molecule has 3 fully saturated rings. The number of esters is 2. The molecule has 3 rings (SSSR count). The first-order chi connectivity index (χ1) is 11.7. The molecule has 0 amide bonds. The van der Waals surface area contributed by atoms with E-state index >= 15 is 0 Å². The van der Waals surface area contributed by atoms with Crippen LogP contribution < -0.4 is 0 Å². The van der Waals surface area contributed by atoms with E-state index in [4.69, 9.17) is 9.47 Å². The van der Waals surface area contributed by atoms with Gasteiger partial charge in [0, 0.05) is 0 Å². The topological polar surface area (TPSA) is 52.6 Å². The van der Waals surface area contributed by atoms with E-state index in [9.17, 15) is 9.59 Å². The monoisotopic (exact) mass is 336 g/mol. The molecule has 0 aromatic carbocycles. The van der Waals surface area contributed by atoms with Crippen LogP contribution in [0.25, 0.3) is 0 Å². The summed E-state index contributed by atoms with van der Waals surface area (Å²) >= 11 is 0. The zero-order valence-corrected chi connectivity index (χ0v) is 14.9. The Morgan fingerprint density at radius 2 is 0.958 bits per heavy atom. The summed E-state index contributed by atoms with van der Waals surface area (Å²) in [6, 6.07) is 0. The van der Waals surface area contributed by atoms with E-state index in [0.717, 1.165) is 77.0 Å². The van der Waals surface area contributed by atoms with Gasteiger partial charge in [0.1, 0.15) is 12.2 Å².